The van der Waals surface area contributed by atoms with E-state index in [0.29, 0.717) is 24.2 Å². The zero-order valence-corrected chi connectivity index (χ0v) is 15.0. The number of nitrogens with zero attached hydrogens (tertiary/aromatic N) is 2. The number of fused-ring (bicyclic) bond motifs is 1. The summed E-state index contributed by atoms with van der Waals surface area (Å²) < 4.78 is 33.8. The molecule has 8 nitrogen and oxygen atoms in total. The predicted octanol–water partition coefficient (Wildman–Crippen LogP) is 0.114. The maximum atomic E-state index is 12.5. The number of benzene rings is 1. The second kappa shape index (κ2) is 7.28. The first-order valence-electron chi connectivity index (χ1n) is 8.33. The predicted molar refractivity (Wildman–Crippen MR) is 92.9 cm³/mol. The molecule has 1 atom stereocenters. The molecule has 2 heterocycles. The van der Waals surface area contributed by atoms with Gasteiger partial charge >= 0.3 is 5.76 Å². The summed E-state index contributed by atoms with van der Waals surface area (Å²) in [6.45, 7) is 2.78. The first-order chi connectivity index (χ1) is 11.9. The Morgan fingerprint density at radius 1 is 1.40 bits per heavy atom. The van der Waals surface area contributed by atoms with Gasteiger partial charge in [0.15, 0.2) is 5.58 Å². The largest absolute Gasteiger partial charge is 0.419 e. The van der Waals surface area contributed by atoms with Gasteiger partial charge in [-0.05, 0) is 43.5 Å². The van der Waals surface area contributed by atoms with Gasteiger partial charge in [-0.1, -0.05) is 0 Å². The van der Waals surface area contributed by atoms with Crippen LogP contribution in [0.25, 0.3) is 11.1 Å². The number of hydrogen-bond acceptors (Lipinski definition) is 6. The summed E-state index contributed by atoms with van der Waals surface area (Å²) in [7, 11) is -2.13. The third-order valence-corrected chi connectivity index (χ3v) is 6.11. The number of rotatable bonds is 6. The molecule has 1 fully saturated rings. The highest BCUT2D eigenvalue weighted by atomic mass is 32.2. The molecule has 0 saturated carbocycles. The lowest BCUT2D eigenvalue weighted by molar-refractivity contribution is 0.122. The van der Waals surface area contributed by atoms with E-state index in [1.165, 1.54) is 29.8 Å². The fraction of sp³-hybridized carbons (Fsp3) is 0.562. The van der Waals surface area contributed by atoms with Crippen molar-refractivity contribution in [2.45, 2.75) is 17.7 Å². The van der Waals surface area contributed by atoms with Crippen LogP contribution in [-0.4, -0.2) is 55.8 Å². The number of likely N-dealkylation sites (tertiary alicyclic amines) is 1. The number of hydrogen-bond donors (Lipinski definition) is 2. The Morgan fingerprint density at radius 2 is 2.20 bits per heavy atom. The zero-order valence-electron chi connectivity index (χ0n) is 14.1. The van der Waals surface area contributed by atoms with Crippen molar-refractivity contribution in [2.24, 2.45) is 13.0 Å². The molecule has 138 valence electrons. The molecular weight excluding hydrogens is 346 g/mol. The monoisotopic (exact) mass is 369 g/mol. The van der Waals surface area contributed by atoms with Crippen molar-refractivity contribution in [3.8, 4) is 0 Å². The van der Waals surface area contributed by atoms with Crippen molar-refractivity contribution in [3.05, 3.63) is 28.7 Å². The van der Waals surface area contributed by atoms with E-state index in [4.69, 9.17) is 4.42 Å². The number of sulfonamides is 1. The Bertz CT molecular complexity index is 902. The summed E-state index contributed by atoms with van der Waals surface area (Å²) in [4.78, 5) is 13.8. The van der Waals surface area contributed by atoms with Crippen LogP contribution >= 0.6 is 0 Å². The van der Waals surface area contributed by atoms with Gasteiger partial charge in [-0.2, -0.15) is 0 Å². The Morgan fingerprint density at radius 3 is 2.96 bits per heavy atom. The van der Waals surface area contributed by atoms with Gasteiger partial charge in [0.2, 0.25) is 10.0 Å². The van der Waals surface area contributed by atoms with Crippen LogP contribution in [0.4, 0.5) is 0 Å². The van der Waals surface area contributed by atoms with Gasteiger partial charge in [-0.3, -0.25) is 4.57 Å². The first kappa shape index (κ1) is 18.1. The second-order valence-electron chi connectivity index (χ2n) is 6.45. The van der Waals surface area contributed by atoms with Crippen molar-refractivity contribution in [1.82, 2.24) is 14.2 Å². The van der Waals surface area contributed by atoms with Gasteiger partial charge < -0.3 is 14.4 Å². The van der Waals surface area contributed by atoms with Gasteiger partial charge in [0.25, 0.3) is 0 Å². The third-order valence-electron chi connectivity index (χ3n) is 4.65. The summed E-state index contributed by atoms with van der Waals surface area (Å²) in [6.07, 6.45) is 2.03. The zero-order chi connectivity index (χ0) is 18.0. The van der Waals surface area contributed by atoms with Crippen molar-refractivity contribution < 1.29 is 17.9 Å². The van der Waals surface area contributed by atoms with Crippen LogP contribution in [0.15, 0.2) is 32.3 Å². The molecule has 2 N–H and O–H groups in total. The molecule has 1 aliphatic heterocycles. The van der Waals surface area contributed by atoms with E-state index in [1.54, 1.807) is 0 Å². The van der Waals surface area contributed by atoms with E-state index in [9.17, 15) is 18.3 Å². The Kier molecular flexibility index (Phi) is 5.28. The summed E-state index contributed by atoms with van der Waals surface area (Å²) >= 11 is 0. The maximum absolute atomic E-state index is 12.5. The lowest BCUT2D eigenvalue weighted by Crippen LogP contribution is -2.41. The number of nitrogens with one attached hydrogen (secondary N) is 1. The molecule has 25 heavy (non-hydrogen) atoms. The SMILES string of the molecule is Cn1c(=O)oc2ccc(S(=O)(=O)NCCN3CCCC(CO)C3)cc21. The average Bonchev–Trinajstić information content (AvgIpc) is 2.89. The number of piperidine rings is 1. The molecule has 0 bridgehead atoms. The van der Waals surface area contributed by atoms with Crippen LogP contribution in [0.3, 0.4) is 0 Å². The highest BCUT2D eigenvalue weighted by Crippen LogP contribution is 2.18. The van der Waals surface area contributed by atoms with Gasteiger partial charge in [-0.15, -0.1) is 0 Å². The molecule has 9 heteroatoms. The minimum absolute atomic E-state index is 0.100. The molecular formula is C16H23N3O5S. The highest BCUT2D eigenvalue weighted by molar-refractivity contribution is 7.89. The van der Waals surface area contributed by atoms with Gasteiger partial charge in [-0.25, -0.2) is 17.9 Å². The van der Waals surface area contributed by atoms with E-state index in [2.05, 4.69) is 9.62 Å². The molecule has 0 aliphatic carbocycles. The summed E-state index contributed by atoms with van der Waals surface area (Å²) in [6, 6.07) is 4.35. The van der Waals surface area contributed by atoms with Gasteiger partial charge in [0.05, 0.1) is 10.4 Å². The van der Waals surface area contributed by atoms with E-state index in [0.717, 1.165) is 25.9 Å². The lowest BCUT2D eigenvalue weighted by atomic mass is 9.99. The summed E-state index contributed by atoms with van der Waals surface area (Å²) in [5, 5.41) is 9.25. The molecule has 0 spiro atoms. The molecule has 0 amide bonds. The summed E-state index contributed by atoms with van der Waals surface area (Å²) in [5.74, 6) is -0.254. The molecule has 1 aliphatic rings. The van der Waals surface area contributed by atoms with Crippen molar-refractivity contribution in [2.75, 3.05) is 32.8 Å². The van der Waals surface area contributed by atoms with Crippen LogP contribution < -0.4 is 10.5 Å². The Balaban J connectivity index is 1.65. The number of aliphatic hydroxyl groups excluding tert-OH is 1. The normalized spacial score (nSPS) is 19.5. The fourth-order valence-electron chi connectivity index (χ4n) is 3.20. The third kappa shape index (κ3) is 3.95. The second-order valence-corrected chi connectivity index (χ2v) is 8.21. The standard InChI is InChI=1S/C16H23N3O5S/c1-18-14-9-13(4-5-15(14)24-16(18)21)25(22,23)17-6-8-19-7-2-3-12(10-19)11-20/h4-5,9,12,17,20H,2-3,6-8,10-11H2,1H3. The van der Waals surface area contributed by atoms with Crippen LogP contribution in [-0.2, 0) is 17.1 Å². The molecule has 2 aromatic rings. The molecule has 1 unspecified atom stereocenters. The van der Waals surface area contributed by atoms with Crippen LogP contribution in [0.2, 0.25) is 0 Å². The highest BCUT2D eigenvalue weighted by Gasteiger charge is 2.20. The van der Waals surface area contributed by atoms with Crippen molar-refractivity contribution >= 4 is 21.1 Å². The number of aliphatic hydroxyl groups is 1. The maximum Gasteiger partial charge on any atom is 0.419 e. The van der Waals surface area contributed by atoms with Crippen LogP contribution in [0, 0.1) is 5.92 Å². The van der Waals surface area contributed by atoms with Crippen molar-refractivity contribution in [1.29, 1.82) is 0 Å². The van der Waals surface area contributed by atoms with Gasteiger partial charge in [0.1, 0.15) is 0 Å². The molecule has 1 saturated heterocycles. The quantitative estimate of drug-likeness (QED) is 0.749. The Labute approximate surface area is 146 Å². The molecule has 0 radical (unpaired) electrons. The molecule has 1 aromatic carbocycles. The van der Waals surface area contributed by atoms with Crippen molar-refractivity contribution in [3.63, 3.8) is 0 Å². The average molecular weight is 369 g/mol. The minimum Gasteiger partial charge on any atom is -0.408 e. The Hall–Kier alpha value is -1.68. The number of aryl methyl sites for hydroxylation is 1. The fourth-order valence-corrected chi connectivity index (χ4v) is 4.24. The minimum atomic E-state index is -3.66. The van der Waals surface area contributed by atoms with E-state index < -0.39 is 15.8 Å². The van der Waals surface area contributed by atoms with Crippen LogP contribution in [0.5, 0.6) is 0 Å². The molecule has 3 rings (SSSR count). The van der Waals surface area contributed by atoms with Crippen LogP contribution in [0.1, 0.15) is 12.8 Å². The molecule has 1 aromatic heterocycles. The lowest BCUT2D eigenvalue weighted by Gasteiger charge is -2.31. The van der Waals surface area contributed by atoms with E-state index >= 15 is 0 Å². The van der Waals surface area contributed by atoms with E-state index in [1.807, 2.05) is 0 Å². The van der Waals surface area contributed by atoms with E-state index in [-0.39, 0.29) is 17.4 Å². The topological polar surface area (TPSA) is 105 Å². The van der Waals surface area contributed by atoms with Gasteiger partial charge in [0, 0.05) is 33.3 Å². The number of aromatic nitrogens is 1. The first-order valence-corrected chi connectivity index (χ1v) is 9.81. The number of oxazole rings is 1. The smallest absolute Gasteiger partial charge is 0.408 e. The summed E-state index contributed by atoms with van der Waals surface area (Å²) in [5.41, 5.74) is 0.796.